The minimum absolute atomic E-state index is 0.0302. The maximum atomic E-state index is 14.3. The van der Waals surface area contributed by atoms with Gasteiger partial charge in [-0.3, -0.25) is 14.9 Å². The van der Waals surface area contributed by atoms with E-state index in [-0.39, 0.29) is 23.3 Å². The second kappa shape index (κ2) is 11.2. The monoisotopic (exact) mass is 526 g/mol. The third kappa shape index (κ3) is 5.45. The van der Waals surface area contributed by atoms with Crippen LogP contribution in [0, 0.1) is 5.41 Å². The summed E-state index contributed by atoms with van der Waals surface area (Å²) in [6.45, 7) is 4.50. The first kappa shape index (κ1) is 26.3. The topological polar surface area (TPSA) is 86.5 Å². The molecule has 1 atom stereocenters. The molecule has 1 amide bonds. The van der Waals surface area contributed by atoms with Crippen LogP contribution in [0.4, 0.5) is 14.5 Å². The molecule has 0 saturated carbocycles. The molecule has 0 bridgehead atoms. The first-order valence-corrected chi connectivity index (χ1v) is 13.4. The highest BCUT2D eigenvalue weighted by atomic mass is 19.3. The van der Waals surface area contributed by atoms with Gasteiger partial charge in [-0.25, -0.2) is 8.78 Å². The van der Waals surface area contributed by atoms with Crippen LogP contribution in [0.5, 0.6) is 0 Å². The van der Waals surface area contributed by atoms with Gasteiger partial charge in [0.15, 0.2) is 0 Å². The number of ether oxygens (including phenoxy) is 1. The Bertz CT molecular complexity index is 1230. The molecule has 10 heteroatoms. The highest BCUT2D eigenvalue weighted by molar-refractivity contribution is 6.09. The van der Waals surface area contributed by atoms with Crippen LogP contribution in [0.2, 0.25) is 0 Å². The number of nitrogens with zero attached hydrogens (tertiary/aromatic N) is 4. The number of hydrogen-bond donors (Lipinski definition) is 2. The largest absolute Gasteiger partial charge is 0.385 e. The molecular formula is C28H36F2N6O2. The standard InChI is InChI=1S/C28H36F2N6O2/c1-18(37)35-10-7-25(33-21-6-4-11-38-12-8-21)24(17-35)28(31)36-9-3-5-19-13-22(20-15-32-34(2)16-20)23(27(29)30)14-26(19)36/h13-16,21,27,31,33H,3-12,17H2,1-2H3. The van der Waals surface area contributed by atoms with E-state index in [4.69, 9.17) is 4.74 Å². The Morgan fingerprint density at radius 3 is 2.76 bits per heavy atom. The summed E-state index contributed by atoms with van der Waals surface area (Å²) in [5.41, 5.74) is 4.42. The third-order valence-electron chi connectivity index (χ3n) is 7.80. The molecule has 3 aliphatic heterocycles. The molecule has 8 nitrogen and oxygen atoms in total. The molecule has 1 saturated heterocycles. The predicted octanol–water partition coefficient (Wildman–Crippen LogP) is 4.42. The van der Waals surface area contributed by atoms with Gasteiger partial charge in [-0.05, 0) is 55.4 Å². The van der Waals surface area contributed by atoms with Gasteiger partial charge in [0.1, 0.15) is 5.84 Å². The van der Waals surface area contributed by atoms with Gasteiger partial charge in [0.25, 0.3) is 6.43 Å². The van der Waals surface area contributed by atoms with Crippen molar-refractivity contribution in [2.75, 3.05) is 37.7 Å². The van der Waals surface area contributed by atoms with Gasteiger partial charge >= 0.3 is 0 Å². The normalized spacial score (nSPS) is 20.4. The molecule has 1 aromatic carbocycles. The van der Waals surface area contributed by atoms with Crippen molar-refractivity contribution >= 4 is 17.4 Å². The molecule has 4 heterocycles. The summed E-state index contributed by atoms with van der Waals surface area (Å²) < 4.78 is 35.8. The Morgan fingerprint density at radius 1 is 1.18 bits per heavy atom. The summed E-state index contributed by atoms with van der Waals surface area (Å²) in [6.07, 6.45) is 5.74. The molecule has 5 rings (SSSR count). The highest BCUT2D eigenvalue weighted by Crippen LogP contribution is 2.39. The van der Waals surface area contributed by atoms with Crippen molar-refractivity contribution in [2.45, 2.75) is 57.9 Å². The maximum absolute atomic E-state index is 14.3. The van der Waals surface area contributed by atoms with Crippen molar-refractivity contribution in [3.8, 4) is 11.1 Å². The average molecular weight is 527 g/mol. The molecule has 1 aromatic heterocycles. The maximum Gasteiger partial charge on any atom is 0.264 e. The molecule has 38 heavy (non-hydrogen) atoms. The van der Waals surface area contributed by atoms with Crippen LogP contribution in [0.15, 0.2) is 35.8 Å². The molecular weight excluding hydrogens is 490 g/mol. The van der Waals surface area contributed by atoms with Gasteiger partial charge in [0.05, 0.1) is 12.7 Å². The lowest BCUT2D eigenvalue weighted by Gasteiger charge is -2.38. The van der Waals surface area contributed by atoms with Gasteiger partial charge < -0.3 is 19.9 Å². The molecule has 3 aliphatic rings. The second-order valence-electron chi connectivity index (χ2n) is 10.4. The minimum atomic E-state index is -2.66. The predicted molar refractivity (Wildman–Crippen MR) is 142 cm³/mol. The lowest BCUT2D eigenvalue weighted by molar-refractivity contribution is -0.128. The van der Waals surface area contributed by atoms with Crippen molar-refractivity contribution in [3.63, 3.8) is 0 Å². The van der Waals surface area contributed by atoms with E-state index in [0.29, 0.717) is 49.5 Å². The van der Waals surface area contributed by atoms with Crippen LogP contribution in [0.3, 0.4) is 0 Å². The summed E-state index contributed by atoms with van der Waals surface area (Å²) in [4.78, 5) is 15.9. The Morgan fingerprint density at radius 2 is 2.03 bits per heavy atom. The number of carbonyl (C=O) groups excluding carboxylic acids is 1. The Hall–Kier alpha value is -3.27. The Balaban J connectivity index is 1.51. The van der Waals surface area contributed by atoms with Crippen molar-refractivity contribution < 1.29 is 18.3 Å². The molecule has 1 fully saturated rings. The van der Waals surface area contributed by atoms with Crippen molar-refractivity contribution in [3.05, 3.63) is 46.9 Å². The number of carbonyl (C=O) groups is 1. The van der Waals surface area contributed by atoms with E-state index in [2.05, 4.69) is 10.4 Å². The van der Waals surface area contributed by atoms with Crippen molar-refractivity contribution in [1.29, 1.82) is 5.41 Å². The van der Waals surface area contributed by atoms with Crippen LogP contribution in [-0.2, 0) is 23.0 Å². The first-order valence-electron chi connectivity index (χ1n) is 13.4. The number of aromatic nitrogens is 2. The van der Waals surface area contributed by atoms with E-state index in [1.165, 1.54) is 0 Å². The number of amides is 1. The number of benzene rings is 1. The Labute approximate surface area is 222 Å². The van der Waals surface area contributed by atoms with Crippen molar-refractivity contribution in [1.82, 2.24) is 20.0 Å². The van der Waals surface area contributed by atoms with Gasteiger partial charge in [-0.1, -0.05) is 0 Å². The lowest BCUT2D eigenvalue weighted by Crippen LogP contribution is -2.46. The summed E-state index contributed by atoms with van der Waals surface area (Å²) in [5, 5.41) is 17.1. The van der Waals surface area contributed by atoms with Gasteiger partial charge in [-0.15, -0.1) is 0 Å². The summed E-state index contributed by atoms with van der Waals surface area (Å²) in [7, 11) is 1.77. The van der Waals surface area contributed by atoms with E-state index in [1.54, 1.807) is 42.0 Å². The summed E-state index contributed by atoms with van der Waals surface area (Å²) in [6, 6.07) is 3.65. The average Bonchev–Trinajstić information content (AvgIpc) is 3.18. The molecule has 1 unspecified atom stereocenters. The van der Waals surface area contributed by atoms with E-state index < -0.39 is 6.43 Å². The second-order valence-corrected chi connectivity index (χ2v) is 10.4. The zero-order valence-corrected chi connectivity index (χ0v) is 22.1. The molecule has 0 radical (unpaired) electrons. The van der Waals surface area contributed by atoms with E-state index in [9.17, 15) is 19.0 Å². The number of alkyl halides is 2. The smallest absolute Gasteiger partial charge is 0.264 e. The zero-order chi connectivity index (χ0) is 26.8. The van der Waals surface area contributed by atoms with Gasteiger partial charge in [0.2, 0.25) is 5.91 Å². The summed E-state index contributed by atoms with van der Waals surface area (Å²) >= 11 is 0. The first-order chi connectivity index (χ1) is 18.3. The molecule has 2 N–H and O–H groups in total. The number of hydrogen-bond acceptors (Lipinski definition) is 5. The number of amidine groups is 1. The number of nitrogens with one attached hydrogen (secondary N) is 2. The van der Waals surface area contributed by atoms with E-state index in [0.717, 1.165) is 55.5 Å². The third-order valence-corrected chi connectivity index (χ3v) is 7.80. The number of fused-ring (bicyclic) bond motifs is 1. The van der Waals surface area contributed by atoms with Gasteiger partial charge in [-0.2, -0.15) is 5.10 Å². The zero-order valence-electron chi connectivity index (χ0n) is 22.1. The van der Waals surface area contributed by atoms with E-state index in [1.807, 2.05) is 11.0 Å². The Kier molecular flexibility index (Phi) is 7.78. The van der Waals surface area contributed by atoms with Gasteiger partial charge in [0, 0.05) is 87.0 Å². The fourth-order valence-electron chi connectivity index (χ4n) is 5.74. The van der Waals surface area contributed by atoms with Crippen LogP contribution < -0.4 is 10.2 Å². The highest BCUT2D eigenvalue weighted by Gasteiger charge is 2.31. The molecule has 0 aliphatic carbocycles. The number of aryl methyl sites for hydroxylation is 2. The summed E-state index contributed by atoms with van der Waals surface area (Å²) in [5.74, 6) is 0.246. The minimum Gasteiger partial charge on any atom is -0.385 e. The number of halogens is 2. The quantitative estimate of drug-likeness (QED) is 0.445. The molecule has 2 aromatic rings. The fraction of sp³-hybridized carbons (Fsp3) is 0.536. The fourth-order valence-corrected chi connectivity index (χ4v) is 5.74. The van der Waals surface area contributed by atoms with Crippen LogP contribution in [-0.4, -0.2) is 65.3 Å². The molecule has 0 spiro atoms. The number of anilines is 1. The number of rotatable bonds is 5. The SMILES string of the molecule is CC(=O)N1CCC(NC2CCCOCC2)=C(C(=N)N2CCCc3cc(-c4cnn(C)c4)c(C(F)F)cc32)C1. The van der Waals surface area contributed by atoms with Crippen molar-refractivity contribution in [2.24, 2.45) is 7.05 Å². The van der Waals surface area contributed by atoms with Crippen LogP contribution >= 0.6 is 0 Å². The van der Waals surface area contributed by atoms with Crippen LogP contribution in [0.25, 0.3) is 11.1 Å². The molecule has 204 valence electrons. The lowest BCUT2D eigenvalue weighted by atomic mass is 9.92. The van der Waals surface area contributed by atoms with Crippen LogP contribution in [0.1, 0.15) is 56.6 Å². The van der Waals surface area contributed by atoms with E-state index >= 15 is 0 Å².